The number of hydrogen-bond donors (Lipinski definition) is 2. The van der Waals surface area contributed by atoms with Gasteiger partial charge in [0.15, 0.2) is 0 Å². The predicted molar refractivity (Wildman–Crippen MR) is 102 cm³/mol. The molecule has 2 fully saturated rings. The number of amides is 1. The van der Waals surface area contributed by atoms with Crippen LogP contribution in [0.4, 0.5) is 5.69 Å². The van der Waals surface area contributed by atoms with Crippen LogP contribution in [-0.2, 0) is 9.53 Å². The summed E-state index contributed by atoms with van der Waals surface area (Å²) in [6.07, 6.45) is 9.51. The number of aromatic amines is 1. The Morgan fingerprint density at radius 1 is 1.38 bits per heavy atom. The maximum atomic E-state index is 11.9. The Morgan fingerprint density at radius 3 is 3.04 bits per heavy atom. The molecule has 2 aliphatic rings. The molecule has 0 radical (unpaired) electrons. The van der Waals surface area contributed by atoms with Crippen LogP contribution in [0.2, 0.25) is 0 Å². The number of nitrogens with one attached hydrogen (secondary N) is 2. The van der Waals surface area contributed by atoms with E-state index in [1.54, 1.807) is 0 Å². The van der Waals surface area contributed by atoms with Crippen molar-refractivity contribution in [1.82, 2.24) is 14.9 Å². The number of rotatable bonds is 4. The van der Waals surface area contributed by atoms with E-state index in [0.29, 0.717) is 12.5 Å². The molecule has 0 aromatic carbocycles. The van der Waals surface area contributed by atoms with Crippen LogP contribution in [0.25, 0.3) is 11.0 Å². The number of piperidine rings is 1. The SMILES string of the molecule is C=CC(=O)N1CCC[C@@H](Nc2ccnc3[nH]cc(C4CCOCC4)c23)C1. The monoisotopic (exact) mass is 354 g/mol. The number of hydrogen-bond acceptors (Lipinski definition) is 4. The zero-order valence-corrected chi connectivity index (χ0v) is 15.0. The fraction of sp³-hybridized carbons (Fsp3) is 0.500. The summed E-state index contributed by atoms with van der Waals surface area (Å²) in [6.45, 7) is 6.78. The molecule has 0 saturated carbocycles. The van der Waals surface area contributed by atoms with E-state index in [0.717, 1.165) is 56.8 Å². The lowest BCUT2D eigenvalue weighted by Crippen LogP contribution is -2.44. The number of anilines is 1. The minimum absolute atomic E-state index is 0.0147. The normalized spacial score (nSPS) is 21.7. The summed E-state index contributed by atoms with van der Waals surface area (Å²) in [7, 11) is 0. The van der Waals surface area contributed by atoms with Crippen molar-refractivity contribution in [2.45, 2.75) is 37.6 Å². The highest BCUT2D eigenvalue weighted by Gasteiger charge is 2.25. The summed E-state index contributed by atoms with van der Waals surface area (Å²) >= 11 is 0. The summed E-state index contributed by atoms with van der Waals surface area (Å²) in [4.78, 5) is 21.7. The molecule has 0 aliphatic carbocycles. The second kappa shape index (κ2) is 7.50. The van der Waals surface area contributed by atoms with E-state index in [-0.39, 0.29) is 11.9 Å². The van der Waals surface area contributed by atoms with Crippen LogP contribution in [0.15, 0.2) is 31.1 Å². The van der Waals surface area contributed by atoms with Gasteiger partial charge >= 0.3 is 0 Å². The summed E-state index contributed by atoms with van der Waals surface area (Å²) < 4.78 is 5.52. The van der Waals surface area contributed by atoms with Crippen LogP contribution in [0, 0.1) is 0 Å². The third-order valence-electron chi connectivity index (χ3n) is 5.53. The second-order valence-electron chi connectivity index (χ2n) is 7.18. The number of carbonyl (C=O) groups is 1. The summed E-state index contributed by atoms with van der Waals surface area (Å²) in [5.41, 5.74) is 3.36. The van der Waals surface area contributed by atoms with Crippen molar-refractivity contribution >= 4 is 22.6 Å². The summed E-state index contributed by atoms with van der Waals surface area (Å²) in [5, 5.41) is 4.87. The molecule has 0 spiro atoms. The number of ether oxygens (including phenoxy) is 1. The molecule has 1 amide bonds. The Hall–Kier alpha value is -2.34. The molecule has 4 heterocycles. The molecule has 2 N–H and O–H groups in total. The van der Waals surface area contributed by atoms with Crippen molar-refractivity contribution in [2.24, 2.45) is 0 Å². The maximum Gasteiger partial charge on any atom is 0.246 e. The lowest BCUT2D eigenvalue weighted by atomic mass is 9.91. The number of pyridine rings is 1. The smallest absolute Gasteiger partial charge is 0.246 e. The molecule has 2 aromatic heterocycles. The van der Waals surface area contributed by atoms with Crippen molar-refractivity contribution in [2.75, 3.05) is 31.6 Å². The third kappa shape index (κ3) is 3.33. The molecule has 1 atom stereocenters. The molecule has 6 heteroatoms. The molecule has 4 rings (SSSR count). The lowest BCUT2D eigenvalue weighted by Gasteiger charge is -2.33. The van der Waals surface area contributed by atoms with E-state index >= 15 is 0 Å². The fourth-order valence-electron chi connectivity index (χ4n) is 4.18. The highest BCUT2D eigenvalue weighted by Crippen LogP contribution is 2.36. The van der Waals surface area contributed by atoms with Gasteiger partial charge in [0.1, 0.15) is 5.65 Å². The van der Waals surface area contributed by atoms with Gasteiger partial charge < -0.3 is 19.9 Å². The van der Waals surface area contributed by atoms with Gasteiger partial charge in [-0.25, -0.2) is 4.98 Å². The Balaban J connectivity index is 1.59. The van der Waals surface area contributed by atoms with Gasteiger partial charge in [0.2, 0.25) is 5.91 Å². The van der Waals surface area contributed by atoms with Crippen molar-refractivity contribution in [1.29, 1.82) is 0 Å². The van der Waals surface area contributed by atoms with E-state index < -0.39 is 0 Å². The topological polar surface area (TPSA) is 70.2 Å². The zero-order valence-electron chi connectivity index (χ0n) is 15.0. The maximum absolute atomic E-state index is 11.9. The van der Waals surface area contributed by atoms with Gasteiger partial charge in [-0.15, -0.1) is 0 Å². The van der Waals surface area contributed by atoms with Crippen LogP contribution in [-0.4, -0.2) is 53.1 Å². The first-order valence-electron chi connectivity index (χ1n) is 9.48. The molecule has 2 aliphatic heterocycles. The van der Waals surface area contributed by atoms with Crippen molar-refractivity contribution in [3.8, 4) is 0 Å². The standard InChI is InChI=1S/C20H26N4O2/c1-2-18(25)24-9-3-4-15(13-24)23-17-5-8-21-20-19(17)16(12-22-20)14-6-10-26-11-7-14/h2,5,8,12,14-15H,1,3-4,6-7,9-11,13H2,(H2,21,22,23)/t15-/m1/s1. The number of likely N-dealkylation sites (tertiary alicyclic amines) is 1. The Kier molecular flexibility index (Phi) is 4.93. The van der Waals surface area contributed by atoms with Crippen molar-refractivity contribution in [3.63, 3.8) is 0 Å². The second-order valence-corrected chi connectivity index (χ2v) is 7.18. The van der Waals surface area contributed by atoms with Gasteiger partial charge in [-0.3, -0.25) is 4.79 Å². The Bertz CT molecular complexity index is 794. The Morgan fingerprint density at radius 2 is 2.23 bits per heavy atom. The number of carbonyl (C=O) groups excluding carboxylic acids is 1. The first-order chi connectivity index (χ1) is 12.8. The molecule has 0 bridgehead atoms. The van der Waals surface area contributed by atoms with Crippen LogP contribution < -0.4 is 5.32 Å². The molecular formula is C20H26N4O2. The van der Waals surface area contributed by atoms with Gasteiger partial charge in [0, 0.05) is 55.8 Å². The average molecular weight is 354 g/mol. The molecule has 6 nitrogen and oxygen atoms in total. The van der Waals surface area contributed by atoms with E-state index in [2.05, 4.69) is 28.1 Å². The van der Waals surface area contributed by atoms with Gasteiger partial charge in [0.05, 0.1) is 0 Å². The lowest BCUT2D eigenvalue weighted by molar-refractivity contribution is -0.127. The van der Waals surface area contributed by atoms with Gasteiger partial charge in [-0.2, -0.15) is 0 Å². The number of fused-ring (bicyclic) bond motifs is 1. The molecule has 0 unspecified atom stereocenters. The molecule has 26 heavy (non-hydrogen) atoms. The first-order valence-corrected chi connectivity index (χ1v) is 9.48. The van der Waals surface area contributed by atoms with E-state index in [9.17, 15) is 4.79 Å². The predicted octanol–water partition coefficient (Wildman–Crippen LogP) is 3.05. The minimum atomic E-state index is 0.0147. The number of aromatic nitrogens is 2. The minimum Gasteiger partial charge on any atom is -0.381 e. The van der Waals surface area contributed by atoms with E-state index in [1.165, 1.54) is 17.0 Å². The van der Waals surface area contributed by atoms with Crippen LogP contribution >= 0.6 is 0 Å². The fourth-order valence-corrected chi connectivity index (χ4v) is 4.18. The Labute approximate surface area is 153 Å². The average Bonchev–Trinajstić information content (AvgIpc) is 3.13. The largest absolute Gasteiger partial charge is 0.381 e. The highest BCUT2D eigenvalue weighted by molar-refractivity contribution is 5.93. The number of H-pyrrole nitrogens is 1. The number of nitrogens with zero attached hydrogens (tertiary/aromatic N) is 2. The molecular weight excluding hydrogens is 328 g/mol. The van der Waals surface area contributed by atoms with Gasteiger partial charge in [0.25, 0.3) is 0 Å². The molecule has 2 aromatic rings. The molecule has 2 saturated heterocycles. The van der Waals surface area contributed by atoms with Gasteiger partial charge in [-0.05, 0) is 49.3 Å². The van der Waals surface area contributed by atoms with Gasteiger partial charge in [-0.1, -0.05) is 6.58 Å². The quantitative estimate of drug-likeness (QED) is 0.828. The van der Waals surface area contributed by atoms with Crippen LogP contribution in [0.1, 0.15) is 37.2 Å². The highest BCUT2D eigenvalue weighted by atomic mass is 16.5. The van der Waals surface area contributed by atoms with Crippen molar-refractivity contribution in [3.05, 3.63) is 36.7 Å². The first kappa shape index (κ1) is 17.1. The molecule has 138 valence electrons. The van der Waals surface area contributed by atoms with E-state index in [4.69, 9.17) is 4.74 Å². The zero-order chi connectivity index (χ0) is 17.9. The van der Waals surface area contributed by atoms with Crippen molar-refractivity contribution < 1.29 is 9.53 Å². The third-order valence-corrected chi connectivity index (χ3v) is 5.53. The van der Waals surface area contributed by atoms with Crippen LogP contribution in [0.5, 0.6) is 0 Å². The van der Waals surface area contributed by atoms with E-state index in [1.807, 2.05) is 17.2 Å². The summed E-state index contributed by atoms with van der Waals surface area (Å²) in [5.74, 6) is 0.522. The summed E-state index contributed by atoms with van der Waals surface area (Å²) in [6, 6.07) is 2.29. The van der Waals surface area contributed by atoms with Crippen LogP contribution in [0.3, 0.4) is 0 Å².